The second kappa shape index (κ2) is 4.81. The SMILES string of the molecule is CC1CC(N2C(=O)Cc3ccc(F)c(F)c32)CC(C)N1. The first-order chi connectivity index (χ1) is 9.47. The lowest BCUT2D eigenvalue weighted by atomic mass is 9.94. The zero-order valence-corrected chi connectivity index (χ0v) is 11.6. The van der Waals surface area contributed by atoms with E-state index in [1.54, 1.807) is 0 Å². The van der Waals surface area contributed by atoms with E-state index in [-0.39, 0.29) is 36.1 Å². The van der Waals surface area contributed by atoms with Crippen LogP contribution in [0.2, 0.25) is 0 Å². The summed E-state index contributed by atoms with van der Waals surface area (Å²) in [5, 5.41) is 3.39. The molecule has 2 aliphatic heterocycles. The van der Waals surface area contributed by atoms with Crippen molar-refractivity contribution in [1.82, 2.24) is 5.32 Å². The summed E-state index contributed by atoms with van der Waals surface area (Å²) in [6.45, 7) is 4.10. The Labute approximate surface area is 117 Å². The molecule has 1 aromatic carbocycles. The molecule has 2 aliphatic rings. The Bertz CT molecular complexity index is 551. The lowest BCUT2D eigenvalue weighted by Crippen LogP contribution is -2.52. The molecular formula is C15H18F2N2O. The molecule has 1 amide bonds. The molecule has 2 heterocycles. The number of hydrogen-bond donors (Lipinski definition) is 1. The van der Waals surface area contributed by atoms with Gasteiger partial charge in [0.15, 0.2) is 11.6 Å². The number of benzene rings is 1. The van der Waals surface area contributed by atoms with Crippen LogP contribution in [0.3, 0.4) is 0 Å². The van der Waals surface area contributed by atoms with E-state index < -0.39 is 11.6 Å². The van der Waals surface area contributed by atoms with E-state index in [1.807, 2.05) is 13.8 Å². The molecule has 3 nitrogen and oxygen atoms in total. The molecule has 108 valence electrons. The highest BCUT2D eigenvalue weighted by Gasteiger charge is 2.39. The molecule has 0 saturated carbocycles. The fraction of sp³-hybridized carbons (Fsp3) is 0.533. The molecule has 2 unspecified atom stereocenters. The smallest absolute Gasteiger partial charge is 0.231 e. The van der Waals surface area contributed by atoms with Gasteiger partial charge in [0.25, 0.3) is 0 Å². The second-order valence-corrected chi connectivity index (χ2v) is 5.90. The quantitative estimate of drug-likeness (QED) is 0.856. The van der Waals surface area contributed by atoms with Gasteiger partial charge in [0.05, 0.1) is 12.1 Å². The number of fused-ring (bicyclic) bond motifs is 1. The van der Waals surface area contributed by atoms with Crippen molar-refractivity contribution in [2.24, 2.45) is 0 Å². The predicted octanol–water partition coefficient (Wildman–Crippen LogP) is 2.38. The lowest BCUT2D eigenvalue weighted by molar-refractivity contribution is -0.118. The number of carbonyl (C=O) groups excluding carboxylic acids is 1. The molecular weight excluding hydrogens is 262 g/mol. The first-order valence-electron chi connectivity index (χ1n) is 7.02. The van der Waals surface area contributed by atoms with Gasteiger partial charge in [-0.25, -0.2) is 8.78 Å². The number of nitrogens with zero attached hydrogens (tertiary/aromatic N) is 1. The number of amides is 1. The predicted molar refractivity (Wildman–Crippen MR) is 72.6 cm³/mol. The van der Waals surface area contributed by atoms with E-state index in [2.05, 4.69) is 5.32 Å². The molecule has 1 aromatic rings. The zero-order chi connectivity index (χ0) is 14.4. The fourth-order valence-electron chi connectivity index (χ4n) is 3.49. The van der Waals surface area contributed by atoms with Crippen molar-refractivity contribution in [3.8, 4) is 0 Å². The molecule has 1 saturated heterocycles. The molecule has 2 atom stereocenters. The second-order valence-electron chi connectivity index (χ2n) is 5.90. The van der Waals surface area contributed by atoms with Crippen LogP contribution in [0.15, 0.2) is 12.1 Å². The van der Waals surface area contributed by atoms with Gasteiger partial charge >= 0.3 is 0 Å². The highest BCUT2D eigenvalue weighted by Crippen LogP contribution is 2.37. The fourth-order valence-corrected chi connectivity index (χ4v) is 3.49. The Kier molecular flexibility index (Phi) is 3.24. The summed E-state index contributed by atoms with van der Waals surface area (Å²) >= 11 is 0. The minimum atomic E-state index is -0.896. The van der Waals surface area contributed by atoms with Crippen LogP contribution in [0.25, 0.3) is 0 Å². The van der Waals surface area contributed by atoms with Gasteiger partial charge in [0.1, 0.15) is 0 Å². The van der Waals surface area contributed by atoms with Crippen molar-refractivity contribution in [3.63, 3.8) is 0 Å². The monoisotopic (exact) mass is 280 g/mol. The highest BCUT2D eigenvalue weighted by atomic mass is 19.2. The third-order valence-electron chi connectivity index (χ3n) is 4.19. The molecule has 1 fully saturated rings. The van der Waals surface area contributed by atoms with Crippen LogP contribution in [0.5, 0.6) is 0 Å². The summed E-state index contributed by atoms with van der Waals surface area (Å²) in [7, 11) is 0. The number of piperidine rings is 1. The summed E-state index contributed by atoms with van der Waals surface area (Å²) in [6.07, 6.45) is 1.68. The first kappa shape index (κ1) is 13.5. The van der Waals surface area contributed by atoms with E-state index >= 15 is 0 Å². The number of rotatable bonds is 1. The maximum atomic E-state index is 14.1. The molecule has 1 N–H and O–H groups in total. The van der Waals surface area contributed by atoms with E-state index in [0.29, 0.717) is 5.56 Å². The van der Waals surface area contributed by atoms with Crippen molar-refractivity contribution in [1.29, 1.82) is 0 Å². The van der Waals surface area contributed by atoms with Gasteiger partial charge in [-0.3, -0.25) is 4.79 Å². The summed E-state index contributed by atoms with van der Waals surface area (Å²) in [5.74, 6) is -1.92. The third-order valence-corrected chi connectivity index (χ3v) is 4.19. The van der Waals surface area contributed by atoms with Crippen LogP contribution < -0.4 is 10.2 Å². The molecule has 0 spiro atoms. The Balaban J connectivity index is 1.99. The van der Waals surface area contributed by atoms with Crippen LogP contribution in [0, 0.1) is 11.6 Å². The number of halogens is 2. The number of anilines is 1. The van der Waals surface area contributed by atoms with Gasteiger partial charge in [-0.1, -0.05) is 6.07 Å². The van der Waals surface area contributed by atoms with Crippen LogP contribution >= 0.6 is 0 Å². The maximum absolute atomic E-state index is 14.1. The molecule has 5 heteroatoms. The van der Waals surface area contributed by atoms with Gasteiger partial charge in [-0.05, 0) is 38.3 Å². The molecule has 0 aliphatic carbocycles. The first-order valence-corrected chi connectivity index (χ1v) is 7.02. The summed E-state index contributed by atoms with van der Waals surface area (Å²) in [4.78, 5) is 13.7. The Morgan fingerprint density at radius 1 is 1.20 bits per heavy atom. The van der Waals surface area contributed by atoms with Crippen LogP contribution in [-0.2, 0) is 11.2 Å². The molecule has 20 heavy (non-hydrogen) atoms. The Morgan fingerprint density at radius 2 is 1.85 bits per heavy atom. The summed E-state index contributed by atoms with van der Waals surface area (Å²) in [6, 6.07) is 3.07. The average Bonchev–Trinajstić information content (AvgIpc) is 2.70. The topological polar surface area (TPSA) is 32.3 Å². The van der Waals surface area contributed by atoms with Crippen LogP contribution in [0.1, 0.15) is 32.3 Å². The Morgan fingerprint density at radius 3 is 2.50 bits per heavy atom. The van der Waals surface area contributed by atoms with E-state index in [9.17, 15) is 13.6 Å². The van der Waals surface area contributed by atoms with Crippen molar-refractivity contribution in [3.05, 3.63) is 29.3 Å². The Hall–Kier alpha value is -1.49. The lowest BCUT2D eigenvalue weighted by Gasteiger charge is -2.38. The van der Waals surface area contributed by atoms with Crippen molar-refractivity contribution in [2.75, 3.05) is 4.90 Å². The average molecular weight is 280 g/mol. The molecule has 0 radical (unpaired) electrons. The van der Waals surface area contributed by atoms with Gasteiger partial charge in [0, 0.05) is 18.1 Å². The minimum absolute atomic E-state index is 0.0636. The van der Waals surface area contributed by atoms with Gasteiger partial charge in [0.2, 0.25) is 5.91 Å². The van der Waals surface area contributed by atoms with Gasteiger partial charge < -0.3 is 10.2 Å². The van der Waals surface area contributed by atoms with E-state index in [1.165, 1.54) is 11.0 Å². The van der Waals surface area contributed by atoms with Crippen molar-refractivity contribution >= 4 is 11.6 Å². The standard InChI is InChI=1S/C15H18F2N2O/c1-8-5-11(6-9(2)18-8)19-13(20)7-10-3-4-12(16)14(17)15(10)19/h3-4,8-9,11,18H,5-7H2,1-2H3. The molecule has 0 aromatic heterocycles. The van der Waals surface area contributed by atoms with E-state index in [4.69, 9.17) is 0 Å². The van der Waals surface area contributed by atoms with Gasteiger partial charge in [-0.15, -0.1) is 0 Å². The normalized spacial score (nSPS) is 29.7. The number of hydrogen-bond acceptors (Lipinski definition) is 2. The number of carbonyl (C=O) groups is 1. The third kappa shape index (κ3) is 2.10. The summed E-state index contributed by atoms with van der Waals surface area (Å²) < 4.78 is 27.6. The van der Waals surface area contributed by atoms with Crippen molar-refractivity contribution in [2.45, 2.75) is 51.2 Å². The largest absolute Gasteiger partial charge is 0.312 e. The van der Waals surface area contributed by atoms with Crippen LogP contribution in [-0.4, -0.2) is 24.0 Å². The maximum Gasteiger partial charge on any atom is 0.231 e. The number of nitrogens with one attached hydrogen (secondary N) is 1. The summed E-state index contributed by atoms with van der Waals surface area (Å²) in [5.41, 5.74) is 0.744. The molecule has 0 bridgehead atoms. The molecule has 3 rings (SSSR count). The van der Waals surface area contributed by atoms with Crippen LogP contribution in [0.4, 0.5) is 14.5 Å². The van der Waals surface area contributed by atoms with Crippen molar-refractivity contribution < 1.29 is 13.6 Å². The highest BCUT2D eigenvalue weighted by molar-refractivity contribution is 6.02. The van der Waals surface area contributed by atoms with Gasteiger partial charge in [-0.2, -0.15) is 0 Å². The minimum Gasteiger partial charge on any atom is -0.312 e. The van der Waals surface area contributed by atoms with E-state index in [0.717, 1.165) is 18.9 Å². The zero-order valence-electron chi connectivity index (χ0n) is 11.6.